The van der Waals surface area contributed by atoms with Gasteiger partial charge in [0.1, 0.15) is 11.4 Å². The molecule has 2 aromatic carbocycles. The molecule has 0 aliphatic heterocycles. The van der Waals surface area contributed by atoms with Crippen LogP contribution in [0.5, 0.6) is 5.75 Å². The minimum Gasteiger partial charge on any atom is -0.497 e. The highest BCUT2D eigenvalue weighted by Crippen LogP contribution is 2.23. The maximum Gasteiger partial charge on any atom is 0.209 e. The van der Waals surface area contributed by atoms with Crippen LogP contribution in [0.25, 0.3) is 16.4 Å². The number of benzene rings is 2. The molecule has 0 fully saturated rings. The summed E-state index contributed by atoms with van der Waals surface area (Å²) in [4.78, 5) is 17.4. The van der Waals surface area contributed by atoms with Gasteiger partial charge in [0.05, 0.1) is 12.8 Å². The highest BCUT2D eigenvalue weighted by atomic mass is 16.5. The van der Waals surface area contributed by atoms with Crippen LogP contribution in [0, 0.1) is 0 Å². The van der Waals surface area contributed by atoms with E-state index in [2.05, 4.69) is 4.98 Å². The Hall–Kier alpha value is -3.14. The molecule has 4 heteroatoms. The molecule has 4 aromatic rings. The smallest absolute Gasteiger partial charge is 0.209 e. The number of hydrogen-bond acceptors (Lipinski definition) is 3. The standard InChI is InChI=1S/C19H14N2O2/c1-23-15-7-4-6-14(11-15)18(22)17-12-13-5-2-3-8-16(13)19-20-9-10-21(17)19/h2-12H,1H3. The summed E-state index contributed by atoms with van der Waals surface area (Å²) >= 11 is 0. The van der Waals surface area contributed by atoms with E-state index in [1.807, 2.05) is 53.1 Å². The molecule has 2 heterocycles. The molecule has 0 bridgehead atoms. The normalized spacial score (nSPS) is 11.0. The molecule has 0 aliphatic carbocycles. The van der Waals surface area contributed by atoms with Crippen molar-refractivity contribution in [1.29, 1.82) is 0 Å². The van der Waals surface area contributed by atoms with Crippen molar-refractivity contribution < 1.29 is 9.53 Å². The van der Waals surface area contributed by atoms with Crippen LogP contribution in [0.15, 0.2) is 67.0 Å². The van der Waals surface area contributed by atoms with E-state index in [9.17, 15) is 4.79 Å². The van der Waals surface area contributed by atoms with Crippen LogP contribution in [0.4, 0.5) is 0 Å². The molecular weight excluding hydrogens is 288 g/mol. The van der Waals surface area contributed by atoms with Crippen molar-refractivity contribution in [2.75, 3.05) is 7.11 Å². The van der Waals surface area contributed by atoms with Crippen molar-refractivity contribution in [3.8, 4) is 5.75 Å². The zero-order valence-electron chi connectivity index (χ0n) is 12.6. The van der Waals surface area contributed by atoms with Gasteiger partial charge >= 0.3 is 0 Å². The molecule has 0 aliphatic rings. The summed E-state index contributed by atoms with van der Waals surface area (Å²) in [6.45, 7) is 0. The first-order valence-corrected chi connectivity index (χ1v) is 7.31. The van der Waals surface area contributed by atoms with Crippen molar-refractivity contribution >= 4 is 22.2 Å². The summed E-state index contributed by atoms with van der Waals surface area (Å²) in [6, 6.07) is 17.0. The number of ketones is 1. The lowest BCUT2D eigenvalue weighted by molar-refractivity contribution is 0.103. The van der Waals surface area contributed by atoms with Crippen molar-refractivity contribution in [3.05, 3.63) is 78.2 Å². The van der Waals surface area contributed by atoms with Gasteiger partial charge in [-0.15, -0.1) is 0 Å². The van der Waals surface area contributed by atoms with Crippen LogP contribution in [0.1, 0.15) is 16.1 Å². The summed E-state index contributed by atoms with van der Waals surface area (Å²) in [5.41, 5.74) is 1.97. The number of hydrogen-bond donors (Lipinski definition) is 0. The van der Waals surface area contributed by atoms with Crippen molar-refractivity contribution in [2.24, 2.45) is 0 Å². The minimum absolute atomic E-state index is 0.0577. The Balaban J connectivity index is 1.96. The number of nitrogens with zero attached hydrogens (tertiary/aromatic N) is 2. The average Bonchev–Trinajstić information content (AvgIpc) is 3.10. The maximum atomic E-state index is 13.0. The van der Waals surface area contributed by atoms with E-state index >= 15 is 0 Å². The van der Waals surface area contributed by atoms with Crippen LogP contribution in [0.2, 0.25) is 0 Å². The molecule has 4 rings (SSSR count). The Bertz CT molecular complexity index is 1030. The lowest BCUT2D eigenvalue weighted by atomic mass is 10.0. The highest BCUT2D eigenvalue weighted by Gasteiger charge is 2.16. The van der Waals surface area contributed by atoms with Crippen LogP contribution in [0.3, 0.4) is 0 Å². The molecule has 0 unspecified atom stereocenters. The zero-order chi connectivity index (χ0) is 15.8. The van der Waals surface area contributed by atoms with E-state index in [1.54, 1.807) is 25.4 Å². The Morgan fingerprint density at radius 3 is 2.83 bits per heavy atom. The van der Waals surface area contributed by atoms with Gasteiger partial charge in [-0.25, -0.2) is 4.98 Å². The minimum atomic E-state index is -0.0577. The number of rotatable bonds is 3. The Morgan fingerprint density at radius 1 is 1.09 bits per heavy atom. The second-order valence-corrected chi connectivity index (χ2v) is 5.30. The van der Waals surface area contributed by atoms with Gasteiger partial charge in [0.2, 0.25) is 5.78 Å². The lowest BCUT2D eigenvalue weighted by Gasteiger charge is -2.09. The van der Waals surface area contributed by atoms with Crippen LogP contribution in [-0.2, 0) is 0 Å². The molecular formula is C19H14N2O2. The maximum absolute atomic E-state index is 13.0. The van der Waals surface area contributed by atoms with Crippen molar-refractivity contribution in [2.45, 2.75) is 0 Å². The van der Waals surface area contributed by atoms with Crippen LogP contribution < -0.4 is 4.74 Å². The number of ether oxygens (including phenoxy) is 1. The molecule has 4 nitrogen and oxygen atoms in total. The van der Waals surface area contributed by atoms with E-state index in [1.165, 1.54) is 0 Å². The molecule has 23 heavy (non-hydrogen) atoms. The third-order valence-corrected chi connectivity index (χ3v) is 3.96. The molecule has 0 saturated heterocycles. The molecule has 0 spiro atoms. The molecule has 0 amide bonds. The first kappa shape index (κ1) is 13.5. The predicted molar refractivity (Wildman–Crippen MR) is 89.1 cm³/mol. The summed E-state index contributed by atoms with van der Waals surface area (Å²) in [6.07, 6.45) is 3.53. The second kappa shape index (κ2) is 5.25. The summed E-state index contributed by atoms with van der Waals surface area (Å²) in [7, 11) is 1.59. The average molecular weight is 302 g/mol. The Morgan fingerprint density at radius 2 is 1.96 bits per heavy atom. The molecule has 2 aromatic heterocycles. The Labute approximate surface area is 133 Å². The van der Waals surface area contributed by atoms with Gasteiger partial charge < -0.3 is 4.74 Å². The molecule has 0 saturated carbocycles. The number of fused-ring (bicyclic) bond motifs is 3. The predicted octanol–water partition coefficient (Wildman–Crippen LogP) is 3.73. The zero-order valence-corrected chi connectivity index (χ0v) is 12.6. The van der Waals surface area contributed by atoms with E-state index in [4.69, 9.17) is 4.74 Å². The highest BCUT2D eigenvalue weighted by molar-refractivity contribution is 6.11. The summed E-state index contributed by atoms with van der Waals surface area (Å²) in [5, 5.41) is 2.03. The van der Waals surface area contributed by atoms with E-state index < -0.39 is 0 Å². The SMILES string of the molecule is COc1cccc(C(=O)c2cc3ccccc3c3nccn23)c1. The summed E-state index contributed by atoms with van der Waals surface area (Å²) in [5.74, 6) is 0.608. The van der Waals surface area contributed by atoms with Gasteiger partial charge in [-0.3, -0.25) is 9.20 Å². The first-order chi connectivity index (χ1) is 11.3. The topological polar surface area (TPSA) is 43.6 Å². The number of carbonyl (C=O) groups is 1. The van der Waals surface area contributed by atoms with Gasteiger partial charge in [-0.2, -0.15) is 0 Å². The number of imidazole rings is 1. The van der Waals surface area contributed by atoms with Crippen molar-refractivity contribution in [3.63, 3.8) is 0 Å². The number of methoxy groups -OCH3 is 1. The van der Waals surface area contributed by atoms with E-state index in [0.29, 0.717) is 17.0 Å². The van der Waals surface area contributed by atoms with Gasteiger partial charge in [0.25, 0.3) is 0 Å². The molecule has 112 valence electrons. The fraction of sp³-hybridized carbons (Fsp3) is 0.0526. The van der Waals surface area contributed by atoms with Gasteiger partial charge in [0.15, 0.2) is 0 Å². The third-order valence-electron chi connectivity index (χ3n) is 3.96. The van der Waals surface area contributed by atoms with Gasteiger partial charge in [0, 0.05) is 23.3 Å². The summed E-state index contributed by atoms with van der Waals surface area (Å²) < 4.78 is 7.05. The monoisotopic (exact) mass is 302 g/mol. The number of pyridine rings is 1. The van der Waals surface area contributed by atoms with Gasteiger partial charge in [-0.05, 0) is 23.6 Å². The molecule has 0 N–H and O–H groups in total. The van der Waals surface area contributed by atoms with Crippen molar-refractivity contribution in [1.82, 2.24) is 9.38 Å². The van der Waals surface area contributed by atoms with Crippen LogP contribution >= 0.6 is 0 Å². The number of aromatic nitrogens is 2. The second-order valence-electron chi connectivity index (χ2n) is 5.30. The molecule has 0 atom stereocenters. The van der Waals surface area contributed by atoms with E-state index in [0.717, 1.165) is 16.4 Å². The first-order valence-electron chi connectivity index (χ1n) is 7.31. The van der Waals surface area contributed by atoms with Gasteiger partial charge in [-0.1, -0.05) is 36.4 Å². The largest absolute Gasteiger partial charge is 0.497 e. The molecule has 0 radical (unpaired) electrons. The quantitative estimate of drug-likeness (QED) is 0.542. The lowest BCUT2D eigenvalue weighted by Crippen LogP contribution is -2.08. The Kier molecular flexibility index (Phi) is 3.08. The third kappa shape index (κ3) is 2.16. The fourth-order valence-electron chi connectivity index (χ4n) is 2.83. The van der Waals surface area contributed by atoms with E-state index in [-0.39, 0.29) is 5.78 Å². The fourth-order valence-corrected chi connectivity index (χ4v) is 2.83. The number of carbonyl (C=O) groups excluding carboxylic acids is 1. The van der Waals surface area contributed by atoms with Crippen LogP contribution in [-0.4, -0.2) is 22.3 Å².